The Morgan fingerprint density at radius 3 is 2.53 bits per heavy atom. The standard InChI is InChI=1S/C12H8Cl3NO/c1-7-2-3-9(8(13)6-7)17-10-4-5-16-12(15)11(10)14/h2-6H,1H3. The lowest BCUT2D eigenvalue weighted by molar-refractivity contribution is 0.482. The highest BCUT2D eigenvalue weighted by molar-refractivity contribution is 6.42. The van der Waals surface area contributed by atoms with E-state index in [1.165, 1.54) is 6.20 Å². The van der Waals surface area contributed by atoms with Crippen LogP contribution in [0.3, 0.4) is 0 Å². The van der Waals surface area contributed by atoms with E-state index >= 15 is 0 Å². The Morgan fingerprint density at radius 2 is 1.82 bits per heavy atom. The Hall–Kier alpha value is -0.960. The third kappa shape index (κ3) is 2.83. The number of halogens is 3. The van der Waals surface area contributed by atoms with Gasteiger partial charge in [-0.15, -0.1) is 0 Å². The van der Waals surface area contributed by atoms with E-state index in [1.807, 2.05) is 19.1 Å². The molecule has 0 amide bonds. The average Bonchev–Trinajstić information content (AvgIpc) is 2.28. The maximum Gasteiger partial charge on any atom is 0.151 e. The largest absolute Gasteiger partial charge is 0.454 e. The van der Waals surface area contributed by atoms with Gasteiger partial charge in [-0.1, -0.05) is 40.9 Å². The van der Waals surface area contributed by atoms with Crippen molar-refractivity contribution in [1.82, 2.24) is 4.98 Å². The van der Waals surface area contributed by atoms with Gasteiger partial charge in [0.05, 0.1) is 5.02 Å². The smallest absolute Gasteiger partial charge is 0.151 e. The molecule has 17 heavy (non-hydrogen) atoms. The van der Waals surface area contributed by atoms with E-state index in [0.29, 0.717) is 16.5 Å². The zero-order valence-corrected chi connectivity index (χ0v) is 11.1. The van der Waals surface area contributed by atoms with Crippen molar-refractivity contribution < 1.29 is 4.74 Å². The number of aryl methyl sites for hydroxylation is 1. The second-order valence-corrected chi connectivity index (χ2v) is 4.59. The van der Waals surface area contributed by atoms with Crippen molar-refractivity contribution in [3.8, 4) is 11.5 Å². The first-order chi connectivity index (χ1) is 8.08. The maximum atomic E-state index is 6.05. The van der Waals surface area contributed by atoms with Crippen LogP contribution in [0.4, 0.5) is 0 Å². The highest BCUT2D eigenvalue weighted by Crippen LogP contribution is 2.36. The lowest BCUT2D eigenvalue weighted by Gasteiger charge is -2.09. The van der Waals surface area contributed by atoms with Crippen LogP contribution in [0.2, 0.25) is 15.2 Å². The van der Waals surface area contributed by atoms with Gasteiger partial charge in [0.2, 0.25) is 0 Å². The van der Waals surface area contributed by atoms with Gasteiger partial charge >= 0.3 is 0 Å². The molecule has 2 nitrogen and oxygen atoms in total. The molecule has 0 aliphatic rings. The fourth-order valence-corrected chi connectivity index (χ4v) is 1.86. The predicted molar refractivity (Wildman–Crippen MR) is 70.5 cm³/mol. The van der Waals surface area contributed by atoms with Gasteiger partial charge in [-0.25, -0.2) is 4.98 Å². The number of benzene rings is 1. The molecular formula is C12H8Cl3NO. The predicted octanol–water partition coefficient (Wildman–Crippen LogP) is 5.14. The summed E-state index contributed by atoms with van der Waals surface area (Å²) < 4.78 is 5.59. The third-order valence-electron chi connectivity index (χ3n) is 2.12. The van der Waals surface area contributed by atoms with Crippen molar-refractivity contribution in [2.24, 2.45) is 0 Å². The molecule has 0 aliphatic carbocycles. The van der Waals surface area contributed by atoms with Crippen molar-refractivity contribution in [1.29, 1.82) is 0 Å². The second kappa shape index (κ2) is 5.13. The van der Waals surface area contributed by atoms with E-state index in [4.69, 9.17) is 39.5 Å². The molecule has 2 rings (SSSR count). The zero-order valence-electron chi connectivity index (χ0n) is 8.88. The molecule has 0 radical (unpaired) electrons. The topological polar surface area (TPSA) is 22.1 Å². The Labute approximate surface area is 114 Å². The van der Waals surface area contributed by atoms with E-state index in [0.717, 1.165) is 5.56 Å². The summed E-state index contributed by atoms with van der Waals surface area (Å²) in [5.41, 5.74) is 1.06. The normalized spacial score (nSPS) is 10.4. The third-order valence-corrected chi connectivity index (χ3v) is 3.16. The Balaban J connectivity index is 2.35. The molecule has 1 aromatic heterocycles. The van der Waals surface area contributed by atoms with Gasteiger partial charge in [0.25, 0.3) is 0 Å². The van der Waals surface area contributed by atoms with E-state index in [2.05, 4.69) is 4.98 Å². The van der Waals surface area contributed by atoms with Crippen molar-refractivity contribution in [2.75, 3.05) is 0 Å². The molecule has 0 bridgehead atoms. The van der Waals surface area contributed by atoms with Crippen LogP contribution >= 0.6 is 34.8 Å². The van der Waals surface area contributed by atoms with Crippen LogP contribution in [0.15, 0.2) is 30.5 Å². The van der Waals surface area contributed by atoms with E-state index in [9.17, 15) is 0 Å². The quantitative estimate of drug-likeness (QED) is 0.714. The summed E-state index contributed by atoms with van der Waals surface area (Å²) in [6, 6.07) is 7.12. The summed E-state index contributed by atoms with van der Waals surface area (Å²) in [4.78, 5) is 3.84. The van der Waals surface area contributed by atoms with Crippen LogP contribution in [0.25, 0.3) is 0 Å². The SMILES string of the molecule is Cc1ccc(Oc2ccnc(Cl)c2Cl)c(Cl)c1. The van der Waals surface area contributed by atoms with Gasteiger partial charge in [-0.05, 0) is 24.6 Å². The summed E-state index contributed by atoms with van der Waals surface area (Å²) in [6.07, 6.45) is 1.52. The van der Waals surface area contributed by atoms with E-state index < -0.39 is 0 Å². The molecule has 1 aromatic carbocycles. The summed E-state index contributed by atoms with van der Waals surface area (Å²) in [6.45, 7) is 1.95. The molecule has 0 saturated heterocycles. The van der Waals surface area contributed by atoms with Crippen LogP contribution in [0.5, 0.6) is 11.5 Å². The summed E-state index contributed by atoms with van der Waals surface area (Å²) >= 11 is 17.8. The molecule has 0 fully saturated rings. The molecule has 0 N–H and O–H groups in total. The lowest BCUT2D eigenvalue weighted by atomic mass is 10.2. The fraction of sp³-hybridized carbons (Fsp3) is 0.0833. The Kier molecular flexibility index (Phi) is 3.77. The number of pyridine rings is 1. The molecule has 0 aliphatic heterocycles. The molecule has 0 atom stereocenters. The van der Waals surface area contributed by atoms with Crippen molar-refractivity contribution in [3.63, 3.8) is 0 Å². The first-order valence-electron chi connectivity index (χ1n) is 4.82. The molecule has 1 heterocycles. The molecule has 5 heteroatoms. The number of hydrogen-bond donors (Lipinski definition) is 0. The first-order valence-corrected chi connectivity index (χ1v) is 5.95. The summed E-state index contributed by atoms with van der Waals surface area (Å²) in [7, 11) is 0. The molecule has 88 valence electrons. The number of rotatable bonds is 2. The van der Waals surface area contributed by atoms with Crippen molar-refractivity contribution in [2.45, 2.75) is 6.92 Å². The van der Waals surface area contributed by atoms with Crippen LogP contribution in [-0.4, -0.2) is 4.98 Å². The van der Waals surface area contributed by atoms with Gasteiger partial charge in [0.1, 0.15) is 10.8 Å². The minimum atomic E-state index is 0.201. The van der Waals surface area contributed by atoms with Crippen molar-refractivity contribution >= 4 is 34.8 Å². The van der Waals surface area contributed by atoms with E-state index in [1.54, 1.807) is 12.1 Å². The zero-order chi connectivity index (χ0) is 12.4. The van der Waals surface area contributed by atoms with Gasteiger partial charge in [-0.2, -0.15) is 0 Å². The van der Waals surface area contributed by atoms with Gasteiger partial charge in [0.15, 0.2) is 10.9 Å². The fourth-order valence-electron chi connectivity index (χ4n) is 1.29. The number of aromatic nitrogens is 1. The van der Waals surface area contributed by atoms with Gasteiger partial charge in [-0.3, -0.25) is 0 Å². The lowest BCUT2D eigenvalue weighted by Crippen LogP contribution is -1.88. The number of nitrogens with zero attached hydrogens (tertiary/aromatic N) is 1. The highest BCUT2D eigenvalue weighted by atomic mass is 35.5. The summed E-state index contributed by atoms with van der Waals surface area (Å²) in [5.74, 6) is 0.957. The van der Waals surface area contributed by atoms with Gasteiger partial charge < -0.3 is 4.74 Å². The monoisotopic (exact) mass is 287 g/mol. The van der Waals surface area contributed by atoms with Crippen molar-refractivity contribution in [3.05, 3.63) is 51.2 Å². The summed E-state index contributed by atoms with van der Waals surface area (Å²) in [5, 5.41) is 0.993. The number of hydrogen-bond acceptors (Lipinski definition) is 2. The second-order valence-electron chi connectivity index (χ2n) is 3.45. The Morgan fingerprint density at radius 1 is 1.06 bits per heavy atom. The first kappa shape index (κ1) is 12.5. The molecular weight excluding hydrogens is 280 g/mol. The average molecular weight is 289 g/mol. The number of ether oxygens (including phenoxy) is 1. The van der Waals surface area contributed by atoms with E-state index in [-0.39, 0.29) is 10.2 Å². The van der Waals surface area contributed by atoms with Crippen LogP contribution in [-0.2, 0) is 0 Å². The Bertz CT molecular complexity index is 557. The maximum absolute atomic E-state index is 6.05. The minimum Gasteiger partial charge on any atom is -0.454 e. The minimum absolute atomic E-state index is 0.201. The van der Waals surface area contributed by atoms with Gasteiger partial charge in [0, 0.05) is 12.3 Å². The molecule has 0 spiro atoms. The van der Waals surface area contributed by atoms with Crippen LogP contribution < -0.4 is 4.74 Å². The molecule has 2 aromatic rings. The molecule has 0 saturated carbocycles. The highest BCUT2D eigenvalue weighted by Gasteiger charge is 2.09. The molecule has 0 unspecified atom stereocenters. The van der Waals surface area contributed by atoms with Crippen LogP contribution in [0, 0.1) is 6.92 Å². The van der Waals surface area contributed by atoms with Crippen LogP contribution in [0.1, 0.15) is 5.56 Å².